The number of halogens is 3. The van der Waals surface area contributed by atoms with Crippen molar-refractivity contribution in [3.05, 3.63) is 100 Å². The fourth-order valence-electron chi connectivity index (χ4n) is 4.25. The second kappa shape index (κ2) is 16.7. The molecule has 2 N–H and O–H groups in total. The SMILES string of the molecule is CCC[n+]1cc(Br)cc(C(=O)NCCOC(=O)N(CCOC(=O)Nc2cccc3ccccc23)c2ccc(Cl)cc2)c1.[Cl-]. The van der Waals surface area contributed by atoms with Gasteiger partial charge >= 0.3 is 12.2 Å². The first-order valence-corrected chi connectivity index (χ1v) is 14.6. The minimum absolute atomic E-state index is 0. The molecule has 0 radical (unpaired) electrons. The average molecular weight is 690 g/mol. The summed E-state index contributed by atoms with van der Waals surface area (Å²) in [6.45, 7) is 2.84. The van der Waals surface area contributed by atoms with Gasteiger partial charge in [0.2, 0.25) is 0 Å². The summed E-state index contributed by atoms with van der Waals surface area (Å²) in [5, 5.41) is 7.90. The third-order valence-corrected chi connectivity index (χ3v) is 6.86. The number of nitrogens with zero attached hydrogens (tertiary/aromatic N) is 2. The van der Waals surface area contributed by atoms with E-state index in [2.05, 4.69) is 33.5 Å². The first-order chi connectivity index (χ1) is 20.3. The van der Waals surface area contributed by atoms with Crippen molar-refractivity contribution in [2.45, 2.75) is 19.9 Å². The van der Waals surface area contributed by atoms with Crippen LogP contribution in [0.15, 0.2) is 89.7 Å². The molecule has 3 amide bonds. The Bertz CT molecular complexity index is 1550. The summed E-state index contributed by atoms with van der Waals surface area (Å²) >= 11 is 9.45. The number of anilines is 2. The van der Waals surface area contributed by atoms with Gasteiger partial charge in [0.15, 0.2) is 12.4 Å². The van der Waals surface area contributed by atoms with Gasteiger partial charge in [0, 0.05) is 22.5 Å². The smallest absolute Gasteiger partial charge is 0.414 e. The summed E-state index contributed by atoms with van der Waals surface area (Å²) in [6, 6.07) is 21.6. The molecule has 43 heavy (non-hydrogen) atoms. The van der Waals surface area contributed by atoms with E-state index in [4.69, 9.17) is 21.1 Å². The first-order valence-electron chi connectivity index (χ1n) is 13.4. The number of aryl methyl sites for hydroxylation is 1. The van der Waals surface area contributed by atoms with Crippen molar-refractivity contribution in [2.24, 2.45) is 0 Å². The summed E-state index contributed by atoms with van der Waals surface area (Å²) in [7, 11) is 0. The van der Waals surface area contributed by atoms with E-state index in [1.807, 2.05) is 47.2 Å². The fraction of sp³-hybridized carbons (Fsp3) is 0.226. The van der Waals surface area contributed by atoms with Crippen LogP contribution in [0.3, 0.4) is 0 Å². The minimum atomic E-state index is -0.659. The van der Waals surface area contributed by atoms with E-state index in [9.17, 15) is 14.4 Å². The van der Waals surface area contributed by atoms with Crippen LogP contribution in [0.25, 0.3) is 10.8 Å². The number of ether oxygens (including phenoxy) is 2. The van der Waals surface area contributed by atoms with Crippen molar-refractivity contribution < 1.29 is 40.8 Å². The molecular formula is C31H31BrCl2N4O5. The number of nitrogens with one attached hydrogen (secondary N) is 2. The molecule has 0 spiro atoms. The van der Waals surface area contributed by atoms with Crippen molar-refractivity contribution in [1.29, 1.82) is 0 Å². The Morgan fingerprint density at radius 3 is 2.47 bits per heavy atom. The number of benzene rings is 3. The molecule has 4 aromatic rings. The maximum atomic E-state index is 13.0. The van der Waals surface area contributed by atoms with Crippen LogP contribution in [0.5, 0.6) is 0 Å². The van der Waals surface area contributed by atoms with Crippen LogP contribution in [0.2, 0.25) is 5.02 Å². The van der Waals surface area contributed by atoms with Crippen LogP contribution < -0.4 is 32.5 Å². The summed E-state index contributed by atoms with van der Waals surface area (Å²) in [5.74, 6) is -0.280. The lowest BCUT2D eigenvalue weighted by molar-refractivity contribution is -0.697. The quantitative estimate of drug-likeness (QED) is 0.185. The number of carbonyl (C=O) groups excluding carboxylic acids is 3. The van der Waals surface area contributed by atoms with Gasteiger partial charge in [-0.05, 0) is 57.7 Å². The van der Waals surface area contributed by atoms with Gasteiger partial charge in [-0.3, -0.25) is 15.0 Å². The predicted molar refractivity (Wildman–Crippen MR) is 166 cm³/mol. The monoisotopic (exact) mass is 688 g/mol. The zero-order valence-corrected chi connectivity index (χ0v) is 26.5. The van der Waals surface area contributed by atoms with Gasteiger partial charge in [-0.1, -0.05) is 54.9 Å². The minimum Gasteiger partial charge on any atom is -1.00 e. The molecule has 0 atom stereocenters. The summed E-state index contributed by atoms with van der Waals surface area (Å²) in [5.41, 5.74) is 1.63. The summed E-state index contributed by atoms with van der Waals surface area (Å²) < 4.78 is 13.5. The molecule has 12 heteroatoms. The van der Waals surface area contributed by atoms with Crippen molar-refractivity contribution >= 4 is 67.8 Å². The van der Waals surface area contributed by atoms with E-state index < -0.39 is 12.2 Å². The maximum absolute atomic E-state index is 13.0. The predicted octanol–water partition coefficient (Wildman–Crippen LogP) is 3.58. The molecule has 0 saturated carbocycles. The van der Waals surface area contributed by atoms with Crippen LogP contribution >= 0.6 is 27.5 Å². The van der Waals surface area contributed by atoms with Gasteiger partial charge in [-0.15, -0.1) is 0 Å². The molecule has 226 valence electrons. The van der Waals surface area contributed by atoms with E-state index in [1.54, 1.807) is 42.6 Å². The number of hydrogen-bond acceptors (Lipinski definition) is 5. The summed E-state index contributed by atoms with van der Waals surface area (Å²) in [4.78, 5) is 39.5. The Labute approximate surface area is 269 Å². The number of hydrogen-bond donors (Lipinski definition) is 2. The topological polar surface area (TPSA) is 101 Å². The molecule has 0 bridgehead atoms. The Morgan fingerprint density at radius 2 is 1.70 bits per heavy atom. The molecule has 1 heterocycles. The van der Waals surface area contributed by atoms with Crippen molar-refractivity contribution in [2.75, 3.05) is 36.5 Å². The number of aromatic nitrogens is 1. The zero-order chi connectivity index (χ0) is 29.9. The van der Waals surface area contributed by atoms with Gasteiger partial charge in [0.05, 0.1) is 23.2 Å². The molecule has 1 aromatic heterocycles. The number of amides is 3. The highest BCUT2D eigenvalue weighted by Gasteiger charge is 2.19. The van der Waals surface area contributed by atoms with Crippen molar-refractivity contribution in [3.63, 3.8) is 0 Å². The molecule has 0 aliphatic heterocycles. The number of pyridine rings is 1. The maximum Gasteiger partial charge on any atom is 0.414 e. The molecule has 3 aromatic carbocycles. The lowest BCUT2D eigenvalue weighted by Gasteiger charge is -2.22. The number of carbonyl (C=O) groups is 3. The Kier molecular flexibility index (Phi) is 13.1. The van der Waals surface area contributed by atoms with Crippen LogP contribution in [0, 0.1) is 0 Å². The van der Waals surface area contributed by atoms with Crippen LogP contribution in [-0.2, 0) is 16.0 Å². The van der Waals surface area contributed by atoms with Gasteiger partial charge < -0.3 is 27.2 Å². The number of rotatable bonds is 11. The lowest BCUT2D eigenvalue weighted by atomic mass is 10.1. The van der Waals surface area contributed by atoms with Crippen molar-refractivity contribution in [1.82, 2.24) is 5.32 Å². The second-order valence-corrected chi connectivity index (χ2v) is 10.6. The number of fused-ring (bicyclic) bond motifs is 1. The molecular weight excluding hydrogens is 659 g/mol. The van der Waals surface area contributed by atoms with Gasteiger partial charge in [-0.2, -0.15) is 0 Å². The molecule has 0 unspecified atom stereocenters. The average Bonchev–Trinajstić information content (AvgIpc) is 2.98. The highest BCUT2D eigenvalue weighted by atomic mass is 79.9. The molecule has 0 aliphatic rings. The van der Waals surface area contributed by atoms with Crippen LogP contribution in [-0.4, -0.2) is 44.4 Å². The molecule has 0 fully saturated rings. The van der Waals surface area contributed by atoms with Gasteiger partial charge in [0.25, 0.3) is 5.91 Å². The normalized spacial score (nSPS) is 10.4. The van der Waals surface area contributed by atoms with Gasteiger partial charge in [-0.25, -0.2) is 14.2 Å². The summed E-state index contributed by atoms with van der Waals surface area (Å²) in [6.07, 6.45) is 3.31. The highest BCUT2D eigenvalue weighted by molar-refractivity contribution is 9.10. The Hall–Kier alpha value is -3.86. The third kappa shape index (κ3) is 9.84. The van der Waals surface area contributed by atoms with Gasteiger partial charge in [0.1, 0.15) is 25.3 Å². The van der Waals surface area contributed by atoms with Crippen LogP contribution in [0.4, 0.5) is 21.0 Å². The lowest BCUT2D eigenvalue weighted by Crippen LogP contribution is -3.00. The third-order valence-electron chi connectivity index (χ3n) is 6.18. The molecule has 0 saturated heterocycles. The standard InChI is InChI=1S/C31H30BrClN4O5.ClH/c1-2-15-36-20-23(19-24(32)21-36)29(38)34-14-17-42-31(40)37(26-12-10-25(33)11-13-26)16-18-41-30(39)35-28-9-5-7-22-6-3-4-8-27(22)28;/h3-13,19-21H,2,14-18H2,1H3,(H-,34,35,38,39);1H. The molecule has 0 aliphatic carbocycles. The van der Waals surface area contributed by atoms with E-state index >= 15 is 0 Å². The van der Waals surface area contributed by atoms with Crippen LogP contribution in [0.1, 0.15) is 23.7 Å². The van der Waals surface area contributed by atoms with E-state index in [-0.39, 0.29) is 44.6 Å². The first kappa shape index (κ1) is 33.6. The van der Waals surface area contributed by atoms with E-state index in [1.165, 1.54) is 4.90 Å². The molecule has 9 nitrogen and oxygen atoms in total. The Morgan fingerprint density at radius 1 is 0.953 bits per heavy atom. The van der Waals surface area contributed by atoms with E-state index in [0.29, 0.717) is 22.0 Å². The highest BCUT2D eigenvalue weighted by Crippen LogP contribution is 2.23. The Balaban J connectivity index is 0.00000506. The second-order valence-electron chi connectivity index (χ2n) is 9.27. The van der Waals surface area contributed by atoms with E-state index in [0.717, 1.165) is 28.2 Å². The molecule has 4 rings (SSSR count). The van der Waals surface area contributed by atoms with Crippen molar-refractivity contribution in [3.8, 4) is 0 Å². The largest absolute Gasteiger partial charge is 1.00 e. The fourth-order valence-corrected chi connectivity index (χ4v) is 4.88. The zero-order valence-electron chi connectivity index (χ0n) is 23.4.